The third-order valence-electron chi connectivity index (χ3n) is 5.59. The van der Waals surface area contributed by atoms with Gasteiger partial charge in [-0.2, -0.15) is 0 Å². The monoisotopic (exact) mass is 491 g/mol. The number of rotatable bonds is 8. The van der Waals surface area contributed by atoms with Gasteiger partial charge in [-0.3, -0.25) is 9.20 Å². The molecule has 6 nitrogen and oxygen atoms in total. The number of benzene rings is 2. The fourth-order valence-electron chi connectivity index (χ4n) is 3.80. The van der Waals surface area contributed by atoms with Crippen molar-refractivity contribution in [2.45, 2.75) is 13.0 Å². The number of methoxy groups -OCH3 is 1. The second-order valence-electron chi connectivity index (χ2n) is 7.80. The second kappa shape index (κ2) is 9.75. The molecule has 0 spiro atoms. The van der Waals surface area contributed by atoms with Crippen molar-refractivity contribution >= 4 is 33.8 Å². The lowest BCUT2D eigenvalue weighted by Crippen LogP contribution is -2.32. The Morgan fingerprint density at radius 1 is 1.18 bits per heavy atom. The summed E-state index contributed by atoms with van der Waals surface area (Å²) in [7, 11) is 1.59. The minimum atomic E-state index is -0.0748. The van der Waals surface area contributed by atoms with Crippen LogP contribution in [-0.4, -0.2) is 33.8 Å². The lowest BCUT2D eigenvalue weighted by Gasteiger charge is -2.22. The van der Waals surface area contributed by atoms with Crippen LogP contribution in [0.5, 0.6) is 5.75 Å². The molecule has 34 heavy (non-hydrogen) atoms. The molecule has 0 saturated carbocycles. The Kier molecular flexibility index (Phi) is 6.38. The van der Waals surface area contributed by atoms with Crippen molar-refractivity contribution in [1.29, 1.82) is 0 Å². The molecular weight excluding hydrogens is 470 g/mol. The van der Waals surface area contributed by atoms with Crippen LogP contribution in [0.15, 0.2) is 82.9 Å². The molecule has 1 amide bonds. The fourth-order valence-corrected chi connectivity index (χ4v) is 4.83. The molecule has 5 aromatic rings. The summed E-state index contributed by atoms with van der Waals surface area (Å²) in [5.41, 5.74) is 3.58. The van der Waals surface area contributed by atoms with Gasteiger partial charge < -0.3 is 14.1 Å². The van der Waals surface area contributed by atoms with Crippen molar-refractivity contribution in [3.8, 4) is 17.0 Å². The van der Waals surface area contributed by atoms with Gasteiger partial charge in [0.1, 0.15) is 11.5 Å². The van der Waals surface area contributed by atoms with E-state index in [1.54, 1.807) is 41.7 Å². The van der Waals surface area contributed by atoms with Crippen molar-refractivity contribution in [2.75, 3.05) is 13.7 Å². The van der Waals surface area contributed by atoms with Crippen LogP contribution in [0.2, 0.25) is 5.02 Å². The molecule has 2 aromatic carbocycles. The smallest absolute Gasteiger partial charge is 0.254 e. The molecular formula is C26H22ClN3O3S. The summed E-state index contributed by atoms with van der Waals surface area (Å²) in [4.78, 5) is 20.8. The third-order valence-corrected chi connectivity index (χ3v) is 6.73. The number of fused-ring (bicyclic) bond motifs is 1. The fraction of sp³-hybridized carbons (Fsp3) is 0.154. The highest BCUT2D eigenvalue weighted by atomic mass is 35.5. The Morgan fingerprint density at radius 3 is 2.79 bits per heavy atom. The number of halogens is 1. The van der Waals surface area contributed by atoms with Crippen molar-refractivity contribution < 1.29 is 13.9 Å². The largest absolute Gasteiger partial charge is 0.497 e. The van der Waals surface area contributed by atoms with Gasteiger partial charge in [-0.25, -0.2) is 4.98 Å². The van der Waals surface area contributed by atoms with Crippen LogP contribution in [0, 0.1) is 0 Å². The summed E-state index contributed by atoms with van der Waals surface area (Å²) < 4.78 is 12.9. The maximum absolute atomic E-state index is 13.4. The van der Waals surface area contributed by atoms with Gasteiger partial charge in [0.05, 0.1) is 25.6 Å². The number of nitrogens with zero attached hydrogens (tertiary/aromatic N) is 3. The van der Waals surface area contributed by atoms with E-state index in [2.05, 4.69) is 9.78 Å². The van der Waals surface area contributed by atoms with Crippen LogP contribution < -0.4 is 4.74 Å². The molecule has 5 rings (SSSR count). The minimum absolute atomic E-state index is 0.0748. The molecule has 172 valence electrons. The Hall–Kier alpha value is -3.55. The number of hydrogen-bond acceptors (Lipinski definition) is 5. The first-order chi connectivity index (χ1) is 16.6. The number of imidazole rings is 1. The van der Waals surface area contributed by atoms with Crippen LogP contribution in [0.3, 0.4) is 0 Å². The number of thiazole rings is 1. The molecule has 0 N–H and O–H groups in total. The van der Waals surface area contributed by atoms with Crippen molar-refractivity contribution in [3.63, 3.8) is 0 Å². The molecule has 0 bridgehead atoms. The Bertz CT molecular complexity index is 1410. The normalized spacial score (nSPS) is 11.1. The molecule has 0 aliphatic heterocycles. The number of furan rings is 1. The maximum Gasteiger partial charge on any atom is 0.254 e. The van der Waals surface area contributed by atoms with Crippen LogP contribution in [0.25, 0.3) is 16.2 Å². The zero-order chi connectivity index (χ0) is 23.5. The number of carbonyl (C=O) groups excluding carboxylic acids is 1. The molecule has 0 unspecified atom stereocenters. The van der Waals surface area contributed by atoms with E-state index in [-0.39, 0.29) is 5.91 Å². The van der Waals surface area contributed by atoms with E-state index in [1.807, 2.05) is 54.7 Å². The van der Waals surface area contributed by atoms with Gasteiger partial charge >= 0.3 is 0 Å². The van der Waals surface area contributed by atoms with E-state index < -0.39 is 0 Å². The number of aromatic nitrogens is 2. The summed E-state index contributed by atoms with van der Waals surface area (Å²) in [5.74, 6) is 1.31. The van der Waals surface area contributed by atoms with Gasteiger partial charge in [0.25, 0.3) is 5.91 Å². The minimum Gasteiger partial charge on any atom is -0.497 e. The highest BCUT2D eigenvalue weighted by molar-refractivity contribution is 7.15. The standard InChI is InChI=1S/C26H22ClN3O3S/c1-32-22-5-2-4-19(14-22)25(31)29(15-23-6-3-13-33-23)12-11-21-17-34-26-28-24(16-30(21)26)18-7-9-20(27)10-8-18/h2-10,13-14,16-17H,11-12,15H2,1H3. The Morgan fingerprint density at radius 2 is 2.03 bits per heavy atom. The first kappa shape index (κ1) is 22.3. The van der Waals surface area contributed by atoms with Crippen LogP contribution in [0.1, 0.15) is 21.8 Å². The number of hydrogen-bond donors (Lipinski definition) is 0. The van der Waals surface area contributed by atoms with Gasteiger partial charge in [-0.1, -0.05) is 29.8 Å². The molecule has 3 heterocycles. The lowest BCUT2D eigenvalue weighted by molar-refractivity contribution is 0.0732. The van der Waals surface area contributed by atoms with E-state index in [9.17, 15) is 4.79 Å². The van der Waals surface area contributed by atoms with E-state index >= 15 is 0 Å². The third kappa shape index (κ3) is 4.71. The lowest BCUT2D eigenvalue weighted by atomic mass is 10.1. The second-order valence-corrected chi connectivity index (χ2v) is 9.07. The van der Waals surface area contributed by atoms with Gasteiger partial charge in [0.15, 0.2) is 4.96 Å². The quantitative estimate of drug-likeness (QED) is 0.259. The van der Waals surface area contributed by atoms with Gasteiger partial charge in [-0.05, 0) is 42.5 Å². The van der Waals surface area contributed by atoms with Crippen molar-refractivity contribution in [2.24, 2.45) is 0 Å². The average molecular weight is 492 g/mol. The van der Waals surface area contributed by atoms with E-state index in [4.69, 9.17) is 25.7 Å². The number of ether oxygens (including phenoxy) is 1. The van der Waals surface area contributed by atoms with Crippen molar-refractivity contribution in [3.05, 3.63) is 101 Å². The predicted molar refractivity (Wildman–Crippen MR) is 134 cm³/mol. The SMILES string of the molecule is COc1cccc(C(=O)N(CCc2csc3nc(-c4ccc(Cl)cc4)cn23)Cc2ccco2)c1. The Labute approximate surface area is 206 Å². The van der Waals surface area contributed by atoms with Gasteiger partial charge in [0, 0.05) is 46.4 Å². The summed E-state index contributed by atoms with van der Waals surface area (Å²) in [5, 5.41) is 2.79. The highest BCUT2D eigenvalue weighted by Gasteiger charge is 2.19. The van der Waals surface area contributed by atoms with Crippen LogP contribution in [-0.2, 0) is 13.0 Å². The first-order valence-electron chi connectivity index (χ1n) is 10.8. The molecule has 0 atom stereocenters. The zero-order valence-electron chi connectivity index (χ0n) is 18.5. The summed E-state index contributed by atoms with van der Waals surface area (Å²) in [6.45, 7) is 0.910. The predicted octanol–water partition coefficient (Wildman–Crippen LogP) is 6.20. The van der Waals surface area contributed by atoms with E-state index in [1.165, 1.54) is 0 Å². The molecule has 0 fully saturated rings. The summed E-state index contributed by atoms with van der Waals surface area (Å²) >= 11 is 7.61. The van der Waals surface area contributed by atoms with Gasteiger partial charge in [-0.15, -0.1) is 11.3 Å². The zero-order valence-corrected chi connectivity index (χ0v) is 20.1. The summed E-state index contributed by atoms with van der Waals surface area (Å²) in [6.07, 6.45) is 4.33. The molecule has 3 aromatic heterocycles. The van der Waals surface area contributed by atoms with Crippen LogP contribution >= 0.6 is 22.9 Å². The topological polar surface area (TPSA) is 60.0 Å². The van der Waals surface area contributed by atoms with E-state index in [0.717, 1.165) is 27.7 Å². The Balaban J connectivity index is 1.38. The molecule has 0 aliphatic rings. The van der Waals surface area contributed by atoms with E-state index in [0.29, 0.717) is 35.8 Å². The molecule has 8 heteroatoms. The van der Waals surface area contributed by atoms with Gasteiger partial charge in [0.2, 0.25) is 0 Å². The molecule has 0 radical (unpaired) electrons. The maximum atomic E-state index is 13.4. The average Bonchev–Trinajstić information content (AvgIpc) is 3.60. The van der Waals surface area contributed by atoms with Crippen molar-refractivity contribution in [1.82, 2.24) is 14.3 Å². The molecule has 0 aliphatic carbocycles. The number of carbonyl (C=O) groups is 1. The van der Waals surface area contributed by atoms with Crippen LogP contribution in [0.4, 0.5) is 0 Å². The first-order valence-corrected chi connectivity index (χ1v) is 12.0. The summed E-state index contributed by atoms with van der Waals surface area (Å²) in [6, 6.07) is 18.6. The highest BCUT2D eigenvalue weighted by Crippen LogP contribution is 2.25. The molecule has 0 saturated heterocycles. The number of amides is 1.